The van der Waals surface area contributed by atoms with Crippen molar-refractivity contribution in [3.8, 4) is 0 Å². The van der Waals surface area contributed by atoms with Crippen LogP contribution in [0.15, 0.2) is 59.2 Å². The number of primary amides is 1. The van der Waals surface area contributed by atoms with E-state index in [0.29, 0.717) is 24.1 Å². The van der Waals surface area contributed by atoms with Gasteiger partial charge in [0.1, 0.15) is 0 Å². The summed E-state index contributed by atoms with van der Waals surface area (Å²) in [6, 6.07) is 9.69. The van der Waals surface area contributed by atoms with E-state index >= 15 is 0 Å². The molecule has 1 amide bonds. The van der Waals surface area contributed by atoms with Gasteiger partial charge < -0.3 is 20.9 Å². The van der Waals surface area contributed by atoms with Gasteiger partial charge in [0.2, 0.25) is 0 Å². The molecule has 8 heteroatoms. The van der Waals surface area contributed by atoms with Crippen LogP contribution in [0.25, 0.3) is 5.57 Å². The first-order chi connectivity index (χ1) is 16.5. The molecule has 1 atom stereocenters. The lowest BCUT2D eigenvalue weighted by molar-refractivity contribution is -0.135. The summed E-state index contributed by atoms with van der Waals surface area (Å²) in [6.07, 6.45) is 8.04. The molecule has 34 heavy (non-hydrogen) atoms. The third-order valence-electron chi connectivity index (χ3n) is 6.65. The quantitative estimate of drug-likeness (QED) is 0.590. The van der Waals surface area contributed by atoms with E-state index in [-0.39, 0.29) is 23.8 Å². The Morgan fingerprint density at radius 1 is 1.18 bits per heavy atom. The molecular weight excluding hydrogens is 432 g/mol. The number of pyridine rings is 1. The molecule has 2 aliphatic carbocycles. The molecule has 0 bridgehead atoms. The first-order valence-corrected chi connectivity index (χ1v) is 11.4. The van der Waals surface area contributed by atoms with Gasteiger partial charge in [0, 0.05) is 29.3 Å². The second kappa shape index (κ2) is 8.87. The number of hydrogen-bond acceptors (Lipinski definition) is 7. The predicted octanol–water partition coefficient (Wildman–Crippen LogP) is 3.26. The van der Waals surface area contributed by atoms with Crippen LogP contribution in [0.2, 0.25) is 0 Å². The number of aromatic nitrogens is 1. The highest BCUT2D eigenvalue weighted by Crippen LogP contribution is 2.44. The number of nitrogens with one attached hydrogen (secondary N) is 1. The molecular formula is C26H26N4O4. The number of para-hydroxylation sites is 1. The highest BCUT2D eigenvalue weighted by atomic mass is 16.5. The van der Waals surface area contributed by atoms with Gasteiger partial charge in [0.15, 0.2) is 5.69 Å². The number of carbonyl (C=O) groups is 2. The van der Waals surface area contributed by atoms with Gasteiger partial charge in [-0.3, -0.25) is 9.79 Å². The zero-order chi connectivity index (χ0) is 23.8. The Hall–Kier alpha value is -3.78. The summed E-state index contributed by atoms with van der Waals surface area (Å²) < 4.78 is 5.01. The number of anilines is 1. The van der Waals surface area contributed by atoms with Gasteiger partial charge >= 0.3 is 5.97 Å². The molecule has 2 aromatic rings. The molecule has 2 heterocycles. The van der Waals surface area contributed by atoms with Gasteiger partial charge in [-0.25, -0.2) is 9.78 Å². The van der Waals surface area contributed by atoms with Gasteiger partial charge in [-0.05, 0) is 49.5 Å². The number of ether oxygens (including phenoxy) is 1. The second-order valence-corrected chi connectivity index (χ2v) is 8.81. The lowest BCUT2D eigenvalue weighted by Gasteiger charge is -2.28. The summed E-state index contributed by atoms with van der Waals surface area (Å²) >= 11 is 0. The van der Waals surface area contributed by atoms with E-state index in [0.717, 1.165) is 40.9 Å². The third kappa shape index (κ3) is 3.90. The molecule has 0 radical (unpaired) electrons. The van der Waals surface area contributed by atoms with Crippen molar-refractivity contribution in [2.24, 2.45) is 10.7 Å². The molecule has 1 saturated carbocycles. The number of benzene rings is 1. The number of carbonyl (C=O) groups excluding carboxylic acids is 2. The molecule has 1 fully saturated rings. The fourth-order valence-corrected chi connectivity index (χ4v) is 4.93. The molecule has 5 rings (SSSR count). The van der Waals surface area contributed by atoms with E-state index in [1.807, 2.05) is 36.4 Å². The molecule has 1 aromatic heterocycles. The Balaban J connectivity index is 1.53. The number of aliphatic hydroxyl groups excluding tert-OH is 1. The van der Waals surface area contributed by atoms with Crippen LogP contribution in [-0.4, -0.2) is 46.9 Å². The maximum atomic E-state index is 12.5. The van der Waals surface area contributed by atoms with Crippen molar-refractivity contribution in [1.29, 1.82) is 0 Å². The van der Waals surface area contributed by atoms with Crippen molar-refractivity contribution in [3.05, 3.63) is 71.1 Å². The smallest absolute Gasteiger partial charge is 0.338 e. The zero-order valence-corrected chi connectivity index (χ0v) is 18.8. The molecule has 1 aromatic carbocycles. The molecule has 0 spiro atoms. The maximum Gasteiger partial charge on any atom is 0.338 e. The third-order valence-corrected chi connectivity index (χ3v) is 6.65. The largest absolute Gasteiger partial charge is 0.465 e. The Kier molecular flexibility index (Phi) is 5.75. The number of rotatable bonds is 5. The topological polar surface area (TPSA) is 127 Å². The molecule has 174 valence electrons. The van der Waals surface area contributed by atoms with E-state index in [1.54, 1.807) is 12.3 Å². The average Bonchev–Trinajstić information content (AvgIpc) is 3.24. The minimum Gasteiger partial charge on any atom is -0.465 e. The minimum atomic E-state index is -0.608. The van der Waals surface area contributed by atoms with Crippen LogP contribution in [0.3, 0.4) is 0 Å². The van der Waals surface area contributed by atoms with Crippen molar-refractivity contribution in [3.63, 3.8) is 0 Å². The van der Waals surface area contributed by atoms with Crippen molar-refractivity contribution < 1.29 is 19.4 Å². The average molecular weight is 459 g/mol. The number of methoxy groups -OCH3 is 1. The van der Waals surface area contributed by atoms with Crippen LogP contribution in [0.4, 0.5) is 11.4 Å². The van der Waals surface area contributed by atoms with Crippen LogP contribution in [0.5, 0.6) is 0 Å². The van der Waals surface area contributed by atoms with E-state index in [1.165, 1.54) is 7.11 Å². The summed E-state index contributed by atoms with van der Waals surface area (Å²) in [5, 5.41) is 13.2. The van der Waals surface area contributed by atoms with Crippen LogP contribution in [0, 0.1) is 0 Å². The summed E-state index contributed by atoms with van der Waals surface area (Å²) in [5.74, 6) is -1.29. The van der Waals surface area contributed by atoms with E-state index in [9.17, 15) is 14.7 Å². The Morgan fingerprint density at radius 2 is 1.94 bits per heavy atom. The van der Waals surface area contributed by atoms with Gasteiger partial charge in [0.05, 0.1) is 35.9 Å². The lowest BCUT2D eigenvalue weighted by atomic mass is 9.82. The highest BCUT2D eigenvalue weighted by molar-refractivity contribution is 6.36. The fourth-order valence-electron chi connectivity index (χ4n) is 4.93. The van der Waals surface area contributed by atoms with Gasteiger partial charge in [0.25, 0.3) is 5.91 Å². The van der Waals surface area contributed by atoms with E-state index in [4.69, 9.17) is 15.5 Å². The van der Waals surface area contributed by atoms with Crippen molar-refractivity contribution in [2.45, 2.75) is 43.7 Å². The monoisotopic (exact) mass is 458 g/mol. The second-order valence-electron chi connectivity index (χ2n) is 8.81. The van der Waals surface area contributed by atoms with E-state index < -0.39 is 11.9 Å². The standard InChI is InChI=1S/C26H26N4O4/c1-34-26(33)19-11-10-17(23-22(19)18-4-2-3-5-20(18)30-23)14-12-21(24(25(27)32)28-13-14)29-15-6-8-16(31)9-7-15/h2-5,10-13,15-17,29,31H,6-9H2,1H3,(H2,27,32)/t15-,16-,17?. The fraction of sp³-hybridized carbons (Fsp3) is 0.308. The number of nitrogens with two attached hydrogens (primary N) is 1. The van der Waals surface area contributed by atoms with Crippen molar-refractivity contribution in [2.75, 3.05) is 12.4 Å². The summed E-state index contributed by atoms with van der Waals surface area (Å²) in [7, 11) is 1.36. The number of amides is 1. The maximum absolute atomic E-state index is 12.5. The molecule has 0 saturated heterocycles. The van der Waals surface area contributed by atoms with Crippen LogP contribution < -0.4 is 11.1 Å². The van der Waals surface area contributed by atoms with Crippen LogP contribution in [-0.2, 0) is 9.53 Å². The molecule has 1 aliphatic heterocycles. The first-order valence-electron chi connectivity index (χ1n) is 11.4. The number of hydrogen-bond donors (Lipinski definition) is 3. The predicted molar refractivity (Wildman–Crippen MR) is 129 cm³/mol. The SMILES string of the molecule is COC(=O)C1=C2C(=Nc3ccccc32)C(c2cnc(C(N)=O)c(N[C@H]3CC[C@H](O)CC3)c2)C=C1. The number of esters is 1. The Morgan fingerprint density at radius 3 is 2.68 bits per heavy atom. The number of fused-ring (bicyclic) bond motifs is 3. The molecule has 4 N–H and O–H groups in total. The normalized spacial score (nSPS) is 23.1. The number of nitrogens with zero attached hydrogens (tertiary/aromatic N) is 2. The highest BCUT2D eigenvalue weighted by Gasteiger charge is 2.35. The number of aliphatic hydroxyl groups is 1. The first kappa shape index (κ1) is 22.0. The summed E-state index contributed by atoms with van der Waals surface area (Å²) in [6.45, 7) is 0. The molecule has 1 unspecified atom stereocenters. The number of aliphatic imine (C=N–C) groups is 1. The van der Waals surface area contributed by atoms with Crippen LogP contribution >= 0.6 is 0 Å². The van der Waals surface area contributed by atoms with Gasteiger partial charge in [-0.2, -0.15) is 0 Å². The van der Waals surface area contributed by atoms with Crippen molar-refractivity contribution in [1.82, 2.24) is 4.98 Å². The molecule has 8 nitrogen and oxygen atoms in total. The Bertz CT molecular complexity index is 1260. The minimum absolute atomic E-state index is 0.120. The van der Waals surface area contributed by atoms with Crippen LogP contribution in [0.1, 0.15) is 53.2 Å². The molecule has 3 aliphatic rings. The lowest BCUT2D eigenvalue weighted by Crippen LogP contribution is -2.30. The Labute approximate surface area is 197 Å². The summed E-state index contributed by atoms with van der Waals surface area (Å²) in [4.78, 5) is 33.8. The van der Waals surface area contributed by atoms with Crippen molar-refractivity contribution >= 4 is 34.5 Å². The van der Waals surface area contributed by atoms with Gasteiger partial charge in [-0.15, -0.1) is 0 Å². The summed E-state index contributed by atoms with van der Waals surface area (Å²) in [5.41, 5.74) is 10.8. The van der Waals surface area contributed by atoms with Gasteiger partial charge in [-0.1, -0.05) is 24.3 Å². The number of allylic oxidation sites excluding steroid dienone is 2. The zero-order valence-electron chi connectivity index (χ0n) is 18.8. The van der Waals surface area contributed by atoms with E-state index in [2.05, 4.69) is 10.3 Å².